The lowest BCUT2D eigenvalue weighted by atomic mass is 10.4. The summed E-state index contributed by atoms with van der Waals surface area (Å²) in [7, 11) is 1.61. The Bertz CT molecular complexity index is 822. The molecule has 0 aromatic carbocycles. The van der Waals surface area contributed by atoms with Gasteiger partial charge in [0.1, 0.15) is 0 Å². The highest BCUT2D eigenvalue weighted by molar-refractivity contribution is 5.87. The zero-order chi connectivity index (χ0) is 13.7. The molecule has 0 amide bonds. The molecule has 3 heterocycles. The topological polar surface area (TPSA) is 86.2 Å². The zero-order valence-electron chi connectivity index (χ0n) is 11.0. The van der Waals surface area contributed by atoms with E-state index < -0.39 is 0 Å². The summed E-state index contributed by atoms with van der Waals surface area (Å²) in [5.74, 6) is 0.488. The quantitative estimate of drug-likeness (QED) is 0.765. The summed E-state index contributed by atoms with van der Waals surface area (Å²) >= 11 is 0. The Morgan fingerprint density at radius 3 is 2.79 bits per heavy atom. The number of aromatic nitrogens is 4. The van der Waals surface area contributed by atoms with Gasteiger partial charge < -0.3 is 0 Å². The molecule has 0 saturated heterocycles. The lowest BCUT2D eigenvalue weighted by molar-refractivity contribution is 0.634. The van der Waals surface area contributed by atoms with Crippen LogP contribution in [0.3, 0.4) is 0 Å². The molecule has 0 aliphatic carbocycles. The largest absolute Gasteiger partial charge is 0.332 e. The van der Waals surface area contributed by atoms with E-state index >= 15 is 0 Å². The molecule has 3 rings (SSSR count). The van der Waals surface area contributed by atoms with Crippen LogP contribution in [0.1, 0.15) is 13.8 Å². The first-order valence-corrected chi connectivity index (χ1v) is 6.03. The summed E-state index contributed by atoms with van der Waals surface area (Å²) in [5, 5.41) is 4.08. The third-order valence-electron chi connectivity index (χ3n) is 3.28. The number of imidazole rings is 1. The monoisotopic (exact) mass is 262 g/mol. The second kappa shape index (κ2) is 3.81. The third-order valence-corrected chi connectivity index (χ3v) is 3.28. The van der Waals surface area contributed by atoms with E-state index in [2.05, 4.69) is 15.5 Å². The van der Waals surface area contributed by atoms with Crippen molar-refractivity contribution in [3.05, 3.63) is 20.8 Å². The maximum Gasteiger partial charge on any atom is 0.332 e. The fraction of sp³-hybridized carbons (Fsp3) is 0.455. The summed E-state index contributed by atoms with van der Waals surface area (Å²) in [6.45, 7) is 4.47. The highest BCUT2D eigenvalue weighted by Gasteiger charge is 2.21. The predicted octanol–water partition coefficient (Wildman–Crippen LogP) is -0.282. The summed E-state index contributed by atoms with van der Waals surface area (Å²) in [4.78, 5) is 28.7. The van der Waals surface area contributed by atoms with Gasteiger partial charge in [-0.1, -0.05) is 0 Å². The molecule has 0 atom stereocenters. The Balaban J connectivity index is 2.48. The van der Waals surface area contributed by atoms with Crippen molar-refractivity contribution in [2.24, 2.45) is 12.1 Å². The van der Waals surface area contributed by atoms with Gasteiger partial charge in [-0.05, 0) is 13.8 Å². The van der Waals surface area contributed by atoms with Gasteiger partial charge in [-0.25, -0.2) is 10.2 Å². The van der Waals surface area contributed by atoms with Crippen LogP contribution in [-0.2, 0) is 20.1 Å². The van der Waals surface area contributed by atoms with E-state index in [0.29, 0.717) is 30.2 Å². The smallest absolute Gasteiger partial charge is 0.297 e. The molecule has 0 unspecified atom stereocenters. The number of hydrazone groups is 1. The zero-order valence-corrected chi connectivity index (χ0v) is 11.0. The lowest BCUT2D eigenvalue weighted by Gasteiger charge is -2.13. The second-order valence-corrected chi connectivity index (χ2v) is 4.54. The van der Waals surface area contributed by atoms with Gasteiger partial charge in [-0.3, -0.25) is 18.5 Å². The molecule has 0 fully saturated rings. The maximum absolute atomic E-state index is 12.4. The first-order chi connectivity index (χ1) is 9.04. The van der Waals surface area contributed by atoms with Gasteiger partial charge >= 0.3 is 5.69 Å². The van der Waals surface area contributed by atoms with Gasteiger partial charge in [-0.2, -0.15) is 10.1 Å². The Kier molecular flexibility index (Phi) is 2.34. The van der Waals surface area contributed by atoms with Gasteiger partial charge in [0.05, 0.1) is 12.3 Å². The molecule has 1 N–H and O–H groups in total. The van der Waals surface area contributed by atoms with E-state index in [9.17, 15) is 9.59 Å². The molecule has 8 nitrogen and oxygen atoms in total. The number of anilines is 1. The number of nitrogens with zero attached hydrogens (tertiary/aromatic N) is 5. The van der Waals surface area contributed by atoms with E-state index in [0.717, 1.165) is 5.71 Å². The van der Waals surface area contributed by atoms with Crippen LogP contribution in [0.15, 0.2) is 14.7 Å². The highest BCUT2D eigenvalue weighted by Crippen LogP contribution is 2.18. The summed E-state index contributed by atoms with van der Waals surface area (Å²) in [5.41, 5.74) is 3.79. The van der Waals surface area contributed by atoms with Crippen molar-refractivity contribution < 1.29 is 0 Å². The van der Waals surface area contributed by atoms with Crippen molar-refractivity contribution in [1.29, 1.82) is 0 Å². The summed E-state index contributed by atoms with van der Waals surface area (Å²) < 4.78 is 4.35. The molecular weight excluding hydrogens is 248 g/mol. The number of nitrogens with one attached hydrogen (secondary N) is 1. The van der Waals surface area contributed by atoms with E-state index in [1.54, 1.807) is 18.5 Å². The van der Waals surface area contributed by atoms with Crippen molar-refractivity contribution in [3.8, 4) is 0 Å². The number of rotatable bonds is 1. The molecule has 1 aliphatic rings. The number of fused-ring (bicyclic) bond motifs is 3. The number of hydrogen-bond acceptors (Lipinski definition) is 5. The van der Waals surface area contributed by atoms with E-state index in [4.69, 9.17) is 0 Å². The van der Waals surface area contributed by atoms with Crippen molar-refractivity contribution in [3.63, 3.8) is 0 Å². The highest BCUT2D eigenvalue weighted by atomic mass is 16.2. The van der Waals surface area contributed by atoms with E-state index in [1.807, 2.05) is 6.92 Å². The Labute approximate surface area is 108 Å². The van der Waals surface area contributed by atoms with Crippen molar-refractivity contribution in [2.75, 3.05) is 5.43 Å². The van der Waals surface area contributed by atoms with Crippen LogP contribution in [-0.4, -0.2) is 24.4 Å². The molecule has 19 heavy (non-hydrogen) atoms. The minimum atomic E-state index is -0.354. The Hall–Kier alpha value is -2.38. The van der Waals surface area contributed by atoms with Crippen LogP contribution in [0.25, 0.3) is 11.2 Å². The van der Waals surface area contributed by atoms with Gasteiger partial charge in [0.15, 0.2) is 11.2 Å². The molecule has 2 aromatic rings. The van der Waals surface area contributed by atoms with E-state index in [1.165, 1.54) is 9.13 Å². The first kappa shape index (κ1) is 11.7. The van der Waals surface area contributed by atoms with Gasteiger partial charge in [-0.15, -0.1) is 0 Å². The SMILES string of the molecule is CCn1c(=O)c2c(nc3n2CC(C)=NN3)n(C)c1=O. The molecule has 0 bridgehead atoms. The van der Waals surface area contributed by atoms with Crippen molar-refractivity contribution >= 4 is 22.8 Å². The molecule has 0 spiro atoms. The standard InChI is InChI=1S/C11H14N6O2/c1-4-16-9(18)7-8(15(3)11(16)19)12-10-14-13-6(2)5-17(7)10/h4-5H2,1-3H3,(H,12,14). The van der Waals surface area contributed by atoms with Crippen LogP contribution >= 0.6 is 0 Å². The van der Waals surface area contributed by atoms with Crippen LogP contribution in [0.5, 0.6) is 0 Å². The maximum atomic E-state index is 12.4. The third kappa shape index (κ3) is 1.46. The summed E-state index contributed by atoms with van der Waals surface area (Å²) in [6.07, 6.45) is 0. The minimum Gasteiger partial charge on any atom is -0.297 e. The average molecular weight is 262 g/mol. The number of hydrogen-bond donors (Lipinski definition) is 1. The van der Waals surface area contributed by atoms with Crippen LogP contribution in [0.2, 0.25) is 0 Å². The van der Waals surface area contributed by atoms with Gasteiger partial charge in [0.25, 0.3) is 5.56 Å². The molecule has 0 saturated carbocycles. The molecule has 2 aromatic heterocycles. The molecule has 100 valence electrons. The fourth-order valence-electron chi connectivity index (χ4n) is 2.30. The van der Waals surface area contributed by atoms with Gasteiger partial charge in [0.2, 0.25) is 5.95 Å². The van der Waals surface area contributed by atoms with Crippen molar-refractivity contribution in [2.45, 2.75) is 26.9 Å². The average Bonchev–Trinajstić information content (AvgIpc) is 2.75. The fourth-order valence-corrected chi connectivity index (χ4v) is 2.30. The second-order valence-electron chi connectivity index (χ2n) is 4.54. The normalized spacial score (nSPS) is 14.2. The van der Waals surface area contributed by atoms with Crippen LogP contribution in [0.4, 0.5) is 5.95 Å². The van der Waals surface area contributed by atoms with Crippen molar-refractivity contribution in [1.82, 2.24) is 18.7 Å². The lowest BCUT2D eigenvalue weighted by Crippen LogP contribution is -2.39. The molecule has 1 aliphatic heterocycles. The molecular formula is C11H14N6O2. The Morgan fingerprint density at radius 2 is 2.11 bits per heavy atom. The summed E-state index contributed by atoms with van der Waals surface area (Å²) in [6, 6.07) is 0. The van der Waals surface area contributed by atoms with Gasteiger partial charge in [0, 0.05) is 13.6 Å². The molecule has 0 radical (unpaired) electrons. The Morgan fingerprint density at radius 1 is 1.37 bits per heavy atom. The minimum absolute atomic E-state index is 0.309. The van der Waals surface area contributed by atoms with E-state index in [-0.39, 0.29) is 11.2 Å². The number of aryl methyl sites for hydroxylation is 1. The van der Waals surface area contributed by atoms with Crippen LogP contribution in [0, 0.1) is 0 Å². The van der Waals surface area contributed by atoms with Crippen LogP contribution < -0.4 is 16.7 Å². The first-order valence-electron chi connectivity index (χ1n) is 6.03. The predicted molar refractivity (Wildman–Crippen MR) is 71.6 cm³/mol. The molecule has 8 heteroatoms.